The van der Waals surface area contributed by atoms with Crippen LogP contribution in [-0.4, -0.2) is 43.8 Å². The predicted octanol–water partition coefficient (Wildman–Crippen LogP) is 4.44. The third-order valence-electron chi connectivity index (χ3n) is 6.10. The number of piperidine rings is 1. The van der Waals surface area contributed by atoms with Gasteiger partial charge < -0.3 is 15.2 Å². The maximum atomic E-state index is 12.9. The van der Waals surface area contributed by atoms with Gasteiger partial charge in [-0.3, -0.25) is 14.8 Å². The lowest BCUT2D eigenvalue weighted by molar-refractivity contribution is -0.132. The SMILES string of the molecule is O=C(CCc1c[nH]c2ccccc12)N1CCC[C@@H](c2ccc(Nc3cnccn3)cn2)C1. The van der Waals surface area contributed by atoms with E-state index in [1.54, 1.807) is 18.6 Å². The van der Waals surface area contributed by atoms with E-state index in [2.05, 4.69) is 37.4 Å². The first-order valence-electron chi connectivity index (χ1n) is 11.1. The van der Waals surface area contributed by atoms with Crippen molar-refractivity contribution in [2.24, 2.45) is 0 Å². The molecule has 7 heteroatoms. The van der Waals surface area contributed by atoms with Crippen LogP contribution in [0.2, 0.25) is 0 Å². The highest BCUT2D eigenvalue weighted by Gasteiger charge is 2.25. The lowest BCUT2D eigenvalue weighted by atomic mass is 9.93. The van der Waals surface area contributed by atoms with Crippen LogP contribution in [0.1, 0.15) is 36.4 Å². The van der Waals surface area contributed by atoms with Crippen molar-refractivity contribution in [1.29, 1.82) is 0 Å². The van der Waals surface area contributed by atoms with Gasteiger partial charge in [0.05, 0.1) is 18.1 Å². The van der Waals surface area contributed by atoms with Gasteiger partial charge in [0.15, 0.2) is 0 Å². The lowest BCUT2D eigenvalue weighted by Gasteiger charge is -2.32. The lowest BCUT2D eigenvalue weighted by Crippen LogP contribution is -2.39. The Kier molecular flexibility index (Phi) is 5.79. The van der Waals surface area contributed by atoms with Crippen LogP contribution in [0.3, 0.4) is 0 Å². The van der Waals surface area contributed by atoms with Crippen LogP contribution in [0.25, 0.3) is 10.9 Å². The number of carbonyl (C=O) groups excluding carboxylic acids is 1. The number of fused-ring (bicyclic) bond motifs is 1. The van der Waals surface area contributed by atoms with Crippen molar-refractivity contribution in [2.75, 3.05) is 18.4 Å². The number of rotatable bonds is 6. The molecule has 1 fully saturated rings. The maximum Gasteiger partial charge on any atom is 0.222 e. The number of nitrogens with one attached hydrogen (secondary N) is 2. The van der Waals surface area contributed by atoms with Gasteiger partial charge in [0.1, 0.15) is 5.82 Å². The molecule has 0 bridgehead atoms. The van der Waals surface area contributed by atoms with Crippen LogP contribution >= 0.6 is 0 Å². The second kappa shape index (κ2) is 9.18. The molecule has 0 aliphatic carbocycles. The van der Waals surface area contributed by atoms with Crippen LogP contribution in [0.4, 0.5) is 11.5 Å². The predicted molar refractivity (Wildman–Crippen MR) is 125 cm³/mol. The number of nitrogens with zero attached hydrogens (tertiary/aromatic N) is 4. The van der Waals surface area contributed by atoms with Crippen molar-refractivity contribution in [3.05, 3.63) is 78.6 Å². The van der Waals surface area contributed by atoms with Crippen molar-refractivity contribution in [3.8, 4) is 0 Å². The minimum absolute atomic E-state index is 0.223. The van der Waals surface area contributed by atoms with Crippen molar-refractivity contribution in [3.63, 3.8) is 0 Å². The van der Waals surface area contributed by atoms with Gasteiger partial charge >= 0.3 is 0 Å². The number of aryl methyl sites for hydroxylation is 1. The smallest absolute Gasteiger partial charge is 0.222 e. The summed E-state index contributed by atoms with van der Waals surface area (Å²) in [6.45, 7) is 1.56. The van der Waals surface area contributed by atoms with Gasteiger partial charge in [-0.2, -0.15) is 0 Å². The number of hydrogen-bond acceptors (Lipinski definition) is 5. The maximum absolute atomic E-state index is 12.9. The molecule has 5 rings (SSSR count). The summed E-state index contributed by atoms with van der Waals surface area (Å²) in [5.74, 6) is 1.18. The Bertz CT molecular complexity index is 1190. The highest BCUT2D eigenvalue weighted by Crippen LogP contribution is 2.27. The second-order valence-electron chi connectivity index (χ2n) is 8.23. The Hall–Kier alpha value is -3.74. The molecule has 1 saturated heterocycles. The van der Waals surface area contributed by atoms with Gasteiger partial charge in [-0.1, -0.05) is 18.2 Å². The molecule has 1 aliphatic heterocycles. The van der Waals surface area contributed by atoms with Crippen molar-refractivity contribution in [1.82, 2.24) is 24.8 Å². The Balaban J connectivity index is 1.19. The van der Waals surface area contributed by atoms with E-state index in [4.69, 9.17) is 0 Å². The third kappa shape index (κ3) is 4.46. The van der Waals surface area contributed by atoms with E-state index in [9.17, 15) is 4.79 Å². The number of benzene rings is 1. The third-order valence-corrected chi connectivity index (χ3v) is 6.10. The molecule has 4 aromatic rings. The molecule has 1 aromatic carbocycles. The van der Waals surface area contributed by atoms with E-state index in [1.807, 2.05) is 41.6 Å². The van der Waals surface area contributed by atoms with Crippen LogP contribution < -0.4 is 5.32 Å². The molecule has 4 heterocycles. The summed E-state index contributed by atoms with van der Waals surface area (Å²) in [5, 5.41) is 4.41. The number of anilines is 2. The number of hydrogen-bond donors (Lipinski definition) is 2. The standard InChI is InChI=1S/C25H26N6O/c32-25(10-7-18-14-28-23-6-2-1-5-21(18)23)31-13-3-4-19(17-31)22-9-8-20(15-29-22)30-24-16-26-11-12-27-24/h1-2,5-6,8-9,11-12,14-16,19,28H,3-4,7,10,13,17H2,(H,27,30)/t19-/m1/s1. The van der Waals surface area contributed by atoms with Crippen molar-refractivity contribution >= 4 is 28.3 Å². The topological polar surface area (TPSA) is 86.8 Å². The Morgan fingerprint density at radius 1 is 1.12 bits per heavy atom. The van der Waals surface area contributed by atoms with Gasteiger partial charge in [-0.25, -0.2) is 4.98 Å². The Morgan fingerprint density at radius 3 is 2.91 bits per heavy atom. The summed E-state index contributed by atoms with van der Waals surface area (Å²) in [7, 11) is 0. The van der Waals surface area contributed by atoms with E-state index in [1.165, 1.54) is 10.9 Å². The largest absolute Gasteiger partial charge is 0.361 e. The van der Waals surface area contributed by atoms with E-state index in [0.717, 1.165) is 49.2 Å². The first-order chi connectivity index (χ1) is 15.8. The number of amides is 1. The molecular formula is C25H26N6O. The summed E-state index contributed by atoms with van der Waals surface area (Å²) in [4.78, 5) is 31.2. The minimum Gasteiger partial charge on any atom is -0.361 e. The first kappa shape index (κ1) is 20.2. The quantitative estimate of drug-likeness (QED) is 0.476. The van der Waals surface area contributed by atoms with E-state index < -0.39 is 0 Å². The molecule has 1 aliphatic rings. The summed E-state index contributed by atoms with van der Waals surface area (Å²) >= 11 is 0. The number of aromatic nitrogens is 4. The second-order valence-corrected chi connectivity index (χ2v) is 8.23. The fraction of sp³-hybridized carbons (Fsp3) is 0.280. The van der Waals surface area contributed by atoms with Gasteiger partial charge in [-0.05, 0) is 43.0 Å². The minimum atomic E-state index is 0.223. The molecule has 1 atom stereocenters. The van der Waals surface area contributed by atoms with Crippen molar-refractivity contribution in [2.45, 2.75) is 31.6 Å². The Morgan fingerprint density at radius 2 is 2.06 bits per heavy atom. The highest BCUT2D eigenvalue weighted by atomic mass is 16.2. The van der Waals surface area contributed by atoms with Crippen molar-refractivity contribution < 1.29 is 4.79 Å². The molecule has 32 heavy (non-hydrogen) atoms. The molecular weight excluding hydrogens is 400 g/mol. The monoisotopic (exact) mass is 426 g/mol. The highest BCUT2D eigenvalue weighted by molar-refractivity contribution is 5.84. The molecule has 2 N–H and O–H groups in total. The zero-order valence-corrected chi connectivity index (χ0v) is 17.9. The summed E-state index contributed by atoms with van der Waals surface area (Å²) in [6.07, 6.45) is 12.2. The van der Waals surface area contributed by atoms with Gasteiger partial charge in [-0.15, -0.1) is 0 Å². The van der Waals surface area contributed by atoms with E-state index >= 15 is 0 Å². The fourth-order valence-corrected chi connectivity index (χ4v) is 4.42. The Labute approximate surface area is 186 Å². The molecule has 0 saturated carbocycles. The van der Waals surface area contributed by atoms with E-state index in [0.29, 0.717) is 12.2 Å². The summed E-state index contributed by atoms with van der Waals surface area (Å²) in [6, 6.07) is 12.3. The molecule has 3 aromatic heterocycles. The molecule has 7 nitrogen and oxygen atoms in total. The molecule has 0 unspecified atom stereocenters. The average molecular weight is 427 g/mol. The number of aromatic amines is 1. The number of H-pyrrole nitrogens is 1. The fourth-order valence-electron chi connectivity index (χ4n) is 4.42. The summed E-state index contributed by atoms with van der Waals surface area (Å²) in [5.41, 5.74) is 4.23. The van der Waals surface area contributed by atoms with Gasteiger partial charge in [0.2, 0.25) is 5.91 Å². The first-order valence-corrected chi connectivity index (χ1v) is 11.1. The molecule has 1 amide bonds. The number of para-hydroxylation sites is 1. The molecule has 0 spiro atoms. The zero-order chi connectivity index (χ0) is 21.8. The van der Waals surface area contributed by atoms with E-state index in [-0.39, 0.29) is 11.8 Å². The number of carbonyl (C=O) groups is 1. The van der Waals surface area contributed by atoms with Gasteiger partial charge in [0.25, 0.3) is 0 Å². The average Bonchev–Trinajstić information content (AvgIpc) is 3.27. The number of likely N-dealkylation sites (tertiary alicyclic amines) is 1. The molecule has 162 valence electrons. The van der Waals surface area contributed by atoms with Gasteiger partial charge in [0, 0.05) is 60.6 Å². The van der Waals surface area contributed by atoms with Crippen LogP contribution in [-0.2, 0) is 11.2 Å². The van der Waals surface area contributed by atoms with Crippen LogP contribution in [0, 0.1) is 0 Å². The summed E-state index contributed by atoms with van der Waals surface area (Å²) < 4.78 is 0. The number of pyridine rings is 1. The van der Waals surface area contributed by atoms with Crippen LogP contribution in [0.15, 0.2) is 67.4 Å². The normalized spacial score (nSPS) is 16.2. The van der Waals surface area contributed by atoms with Crippen LogP contribution in [0.5, 0.6) is 0 Å². The molecule has 0 radical (unpaired) electrons. The zero-order valence-electron chi connectivity index (χ0n) is 17.9.